The Labute approximate surface area is 82.6 Å². The van der Waals surface area contributed by atoms with E-state index in [2.05, 4.69) is 11.1 Å². The number of aromatic nitrogens is 1. The van der Waals surface area contributed by atoms with Gasteiger partial charge in [0.1, 0.15) is 0 Å². The summed E-state index contributed by atoms with van der Waals surface area (Å²) in [4.78, 5) is 3.15. The fourth-order valence-corrected chi connectivity index (χ4v) is 2.14. The van der Waals surface area contributed by atoms with Crippen molar-refractivity contribution in [3.05, 3.63) is 36.0 Å². The van der Waals surface area contributed by atoms with Crippen LogP contribution in [0.5, 0.6) is 0 Å². The molecule has 0 amide bonds. The number of benzene rings is 1. The third-order valence-corrected chi connectivity index (χ3v) is 3.27. The topological polar surface area (TPSA) is 36.0 Å². The molecule has 0 aliphatic heterocycles. The molecule has 0 spiro atoms. The van der Waals surface area contributed by atoms with Gasteiger partial charge < -0.3 is 10.1 Å². The van der Waals surface area contributed by atoms with Crippen LogP contribution in [0, 0.1) is 0 Å². The van der Waals surface area contributed by atoms with Crippen molar-refractivity contribution in [1.29, 1.82) is 0 Å². The van der Waals surface area contributed by atoms with E-state index < -0.39 is 5.60 Å². The quantitative estimate of drug-likeness (QED) is 0.707. The molecular weight excluding hydrogens is 174 g/mol. The van der Waals surface area contributed by atoms with E-state index >= 15 is 0 Å². The van der Waals surface area contributed by atoms with Gasteiger partial charge in [0.15, 0.2) is 0 Å². The highest BCUT2D eigenvalue weighted by atomic mass is 16.3. The predicted molar refractivity (Wildman–Crippen MR) is 56.0 cm³/mol. The average Bonchev–Trinajstić information content (AvgIpc) is 2.60. The first kappa shape index (κ1) is 8.06. The van der Waals surface area contributed by atoms with Crippen molar-refractivity contribution in [1.82, 2.24) is 4.98 Å². The lowest BCUT2D eigenvalue weighted by Crippen LogP contribution is -2.33. The van der Waals surface area contributed by atoms with Crippen LogP contribution in [0.15, 0.2) is 30.5 Å². The first-order valence-corrected chi connectivity index (χ1v) is 5.08. The summed E-state index contributed by atoms with van der Waals surface area (Å²) in [7, 11) is 0. The smallest absolute Gasteiger partial charge is 0.0896 e. The number of hydrogen-bond acceptors (Lipinski definition) is 1. The van der Waals surface area contributed by atoms with E-state index in [1.54, 1.807) is 0 Å². The molecule has 0 bridgehead atoms. The predicted octanol–water partition coefficient (Wildman–Crippen LogP) is 2.54. The van der Waals surface area contributed by atoms with Crippen LogP contribution in [0.4, 0.5) is 0 Å². The first-order chi connectivity index (χ1) is 6.78. The van der Waals surface area contributed by atoms with Gasteiger partial charge in [0.2, 0.25) is 0 Å². The standard InChI is InChI=1S/C12H13NO/c14-12(5-1-6-12)10-2-3-11-9(8-10)4-7-13-11/h2-4,7-8,13-14H,1,5-6H2. The van der Waals surface area contributed by atoms with Crippen molar-refractivity contribution in [3.8, 4) is 0 Å². The van der Waals surface area contributed by atoms with Crippen molar-refractivity contribution >= 4 is 10.9 Å². The number of H-pyrrole nitrogens is 1. The van der Waals surface area contributed by atoms with Gasteiger partial charge in [-0.2, -0.15) is 0 Å². The monoisotopic (exact) mass is 187 g/mol. The van der Waals surface area contributed by atoms with Crippen LogP contribution in [0.1, 0.15) is 24.8 Å². The fourth-order valence-electron chi connectivity index (χ4n) is 2.14. The highest BCUT2D eigenvalue weighted by Crippen LogP contribution is 2.41. The van der Waals surface area contributed by atoms with Crippen LogP contribution >= 0.6 is 0 Å². The van der Waals surface area contributed by atoms with E-state index in [0.29, 0.717) is 0 Å². The van der Waals surface area contributed by atoms with E-state index in [1.807, 2.05) is 24.4 Å². The molecule has 1 saturated carbocycles. The molecule has 0 radical (unpaired) electrons. The number of fused-ring (bicyclic) bond motifs is 1. The zero-order valence-electron chi connectivity index (χ0n) is 7.96. The van der Waals surface area contributed by atoms with Gasteiger partial charge in [-0.15, -0.1) is 0 Å². The minimum atomic E-state index is -0.536. The van der Waals surface area contributed by atoms with Gasteiger partial charge in [-0.3, -0.25) is 0 Å². The third kappa shape index (κ3) is 1.01. The maximum Gasteiger partial charge on any atom is 0.0896 e. The summed E-state index contributed by atoms with van der Waals surface area (Å²) in [5.74, 6) is 0. The molecule has 0 unspecified atom stereocenters. The Hall–Kier alpha value is -1.28. The van der Waals surface area contributed by atoms with Crippen molar-refractivity contribution < 1.29 is 5.11 Å². The molecule has 1 fully saturated rings. The van der Waals surface area contributed by atoms with E-state index in [9.17, 15) is 5.11 Å². The number of aromatic amines is 1. The molecule has 72 valence electrons. The SMILES string of the molecule is OC1(c2ccc3[nH]ccc3c2)CCC1. The molecule has 2 heteroatoms. The van der Waals surface area contributed by atoms with Gasteiger partial charge in [0.25, 0.3) is 0 Å². The molecule has 1 aliphatic rings. The van der Waals surface area contributed by atoms with Gasteiger partial charge >= 0.3 is 0 Å². The van der Waals surface area contributed by atoms with Gasteiger partial charge in [-0.1, -0.05) is 6.07 Å². The van der Waals surface area contributed by atoms with Gasteiger partial charge in [-0.05, 0) is 48.4 Å². The summed E-state index contributed by atoms with van der Waals surface area (Å²) >= 11 is 0. The Balaban J connectivity index is 2.13. The third-order valence-electron chi connectivity index (χ3n) is 3.27. The lowest BCUT2D eigenvalue weighted by Gasteiger charge is -2.37. The summed E-state index contributed by atoms with van der Waals surface area (Å²) in [5, 5.41) is 11.4. The molecule has 2 nitrogen and oxygen atoms in total. The van der Waals surface area contributed by atoms with Crippen molar-refractivity contribution in [3.63, 3.8) is 0 Å². The molecule has 0 atom stereocenters. The van der Waals surface area contributed by atoms with Crippen LogP contribution in [0.3, 0.4) is 0 Å². The molecule has 2 aromatic rings. The molecule has 1 heterocycles. The van der Waals surface area contributed by atoms with Crippen LogP contribution < -0.4 is 0 Å². The molecule has 1 aromatic heterocycles. The summed E-state index contributed by atoms with van der Waals surface area (Å²) in [5.41, 5.74) is 1.67. The van der Waals surface area contributed by atoms with E-state index in [1.165, 1.54) is 5.39 Å². The van der Waals surface area contributed by atoms with Crippen molar-refractivity contribution in [2.24, 2.45) is 0 Å². The minimum absolute atomic E-state index is 0.536. The lowest BCUT2D eigenvalue weighted by molar-refractivity contribution is -0.0386. The second-order valence-corrected chi connectivity index (χ2v) is 4.16. The number of nitrogens with one attached hydrogen (secondary N) is 1. The molecule has 14 heavy (non-hydrogen) atoms. The molecule has 0 saturated heterocycles. The average molecular weight is 187 g/mol. The van der Waals surface area contributed by atoms with Crippen LogP contribution in [-0.2, 0) is 5.60 Å². The second kappa shape index (κ2) is 2.61. The molecule has 2 N–H and O–H groups in total. The highest BCUT2D eigenvalue weighted by Gasteiger charge is 2.36. The molecule has 1 aliphatic carbocycles. The largest absolute Gasteiger partial charge is 0.385 e. The summed E-state index contributed by atoms with van der Waals surface area (Å²) in [6.45, 7) is 0. The summed E-state index contributed by atoms with van der Waals surface area (Å²) in [6, 6.07) is 8.20. The fraction of sp³-hybridized carbons (Fsp3) is 0.333. The van der Waals surface area contributed by atoms with E-state index in [4.69, 9.17) is 0 Å². The van der Waals surface area contributed by atoms with E-state index in [-0.39, 0.29) is 0 Å². The van der Waals surface area contributed by atoms with Crippen LogP contribution in [0.2, 0.25) is 0 Å². The maximum absolute atomic E-state index is 10.2. The number of rotatable bonds is 1. The minimum Gasteiger partial charge on any atom is -0.385 e. The Morgan fingerprint density at radius 1 is 1.21 bits per heavy atom. The van der Waals surface area contributed by atoms with Crippen molar-refractivity contribution in [2.75, 3.05) is 0 Å². The summed E-state index contributed by atoms with van der Waals surface area (Å²) < 4.78 is 0. The Morgan fingerprint density at radius 3 is 2.79 bits per heavy atom. The van der Waals surface area contributed by atoms with Gasteiger partial charge in [0, 0.05) is 11.7 Å². The molecule has 3 rings (SSSR count). The Kier molecular flexibility index (Phi) is 1.50. The van der Waals surface area contributed by atoms with Gasteiger partial charge in [0.05, 0.1) is 5.60 Å². The van der Waals surface area contributed by atoms with Crippen LogP contribution in [0.25, 0.3) is 10.9 Å². The summed E-state index contributed by atoms with van der Waals surface area (Å²) in [6.07, 6.45) is 4.88. The normalized spacial score (nSPS) is 19.5. The zero-order chi connectivity index (χ0) is 9.60. The van der Waals surface area contributed by atoms with Gasteiger partial charge in [-0.25, -0.2) is 0 Å². The molecular formula is C12H13NO. The molecule has 1 aromatic carbocycles. The Morgan fingerprint density at radius 2 is 2.07 bits per heavy atom. The lowest BCUT2D eigenvalue weighted by atomic mass is 9.75. The van der Waals surface area contributed by atoms with E-state index in [0.717, 1.165) is 30.3 Å². The Bertz CT molecular complexity index is 468. The number of aliphatic hydroxyl groups is 1. The maximum atomic E-state index is 10.2. The number of hydrogen-bond donors (Lipinski definition) is 2. The first-order valence-electron chi connectivity index (χ1n) is 5.08. The van der Waals surface area contributed by atoms with Crippen LogP contribution in [-0.4, -0.2) is 10.1 Å². The van der Waals surface area contributed by atoms with Crippen molar-refractivity contribution in [2.45, 2.75) is 24.9 Å². The zero-order valence-corrected chi connectivity index (χ0v) is 7.96. The second-order valence-electron chi connectivity index (χ2n) is 4.16. The highest BCUT2D eigenvalue weighted by molar-refractivity contribution is 5.80.